The molecule has 0 radical (unpaired) electrons. The molecule has 1 aliphatic heterocycles. The summed E-state index contributed by atoms with van der Waals surface area (Å²) in [5, 5.41) is 12.8. The monoisotopic (exact) mass is 414 g/mol. The first-order valence-corrected chi connectivity index (χ1v) is 9.58. The molecule has 0 aliphatic carbocycles. The number of rotatable bonds is 7. The molecule has 2 unspecified atom stereocenters. The van der Waals surface area contributed by atoms with E-state index in [0.717, 1.165) is 5.56 Å². The van der Waals surface area contributed by atoms with Gasteiger partial charge < -0.3 is 19.5 Å². The second-order valence-corrected chi connectivity index (χ2v) is 6.96. The fraction of sp³-hybridized carbons (Fsp3) is 0.381. The van der Waals surface area contributed by atoms with Gasteiger partial charge in [0.2, 0.25) is 0 Å². The molecule has 9 heteroatoms. The summed E-state index contributed by atoms with van der Waals surface area (Å²) in [4.78, 5) is 15.4. The maximum atomic E-state index is 15.0. The van der Waals surface area contributed by atoms with Crippen LogP contribution in [0.2, 0.25) is 0 Å². The van der Waals surface area contributed by atoms with E-state index in [9.17, 15) is 14.3 Å². The Bertz CT molecular complexity index is 948. The van der Waals surface area contributed by atoms with Crippen molar-refractivity contribution in [3.8, 4) is 11.1 Å². The number of azide groups is 1. The number of aryl methyl sites for hydroxylation is 1. The zero-order valence-corrected chi connectivity index (χ0v) is 16.6. The number of ether oxygens (including phenoxy) is 2. The summed E-state index contributed by atoms with van der Waals surface area (Å²) in [6.07, 6.45) is -2.42. The number of morpholine rings is 1. The van der Waals surface area contributed by atoms with E-state index in [1.54, 1.807) is 12.1 Å². The summed E-state index contributed by atoms with van der Waals surface area (Å²) in [5.74, 6) is -0.410. The first-order valence-electron chi connectivity index (χ1n) is 9.58. The van der Waals surface area contributed by atoms with Crippen LogP contribution >= 0.6 is 0 Å². The van der Waals surface area contributed by atoms with Crippen molar-refractivity contribution in [1.29, 1.82) is 0 Å². The third kappa shape index (κ3) is 5.07. The lowest BCUT2D eigenvalue weighted by Crippen LogP contribution is -2.47. The molecular weight excluding hydrogens is 391 g/mol. The molecule has 158 valence electrons. The van der Waals surface area contributed by atoms with Crippen molar-refractivity contribution in [3.63, 3.8) is 0 Å². The van der Waals surface area contributed by atoms with Crippen molar-refractivity contribution in [1.82, 2.24) is 4.90 Å². The van der Waals surface area contributed by atoms with Crippen molar-refractivity contribution in [2.24, 2.45) is 5.11 Å². The fourth-order valence-corrected chi connectivity index (χ4v) is 3.58. The van der Waals surface area contributed by atoms with Crippen LogP contribution in [0, 0.1) is 12.7 Å². The van der Waals surface area contributed by atoms with Gasteiger partial charge in [-0.2, -0.15) is 0 Å². The molecule has 0 spiro atoms. The molecule has 2 aromatic rings. The summed E-state index contributed by atoms with van der Waals surface area (Å²) in [6.45, 7) is 2.66. The van der Waals surface area contributed by atoms with E-state index < -0.39 is 24.1 Å². The van der Waals surface area contributed by atoms with Gasteiger partial charge in [0.05, 0.1) is 19.8 Å². The Kier molecular flexibility index (Phi) is 7.24. The second-order valence-electron chi connectivity index (χ2n) is 6.96. The van der Waals surface area contributed by atoms with Crippen molar-refractivity contribution in [2.75, 3.05) is 32.8 Å². The highest BCUT2D eigenvalue weighted by Crippen LogP contribution is 2.36. The number of benzene rings is 2. The van der Waals surface area contributed by atoms with Gasteiger partial charge in [-0.25, -0.2) is 9.18 Å². The van der Waals surface area contributed by atoms with Crippen LogP contribution in [0.5, 0.6) is 0 Å². The van der Waals surface area contributed by atoms with Crippen LogP contribution in [-0.4, -0.2) is 55.1 Å². The number of amides is 1. The highest BCUT2D eigenvalue weighted by Gasteiger charge is 2.34. The standard InChI is InChI=1S/C21H23FN4O4/c1-14-4-2-5-15(12-14)19-16(6-3-7-17(19)22)20(30-10-8-24-25-23)18-13-26(21(27)28)9-11-29-18/h2-7,12,18,20H,8-11,13H2,1H3,(H,27,28). The molecule has 0 saturated carbocycles. The molecule has 8 nitrogen and oxygen atoms in total. The predicted molar refractivity (Wildman–Crippen MR) is 109 cm³/mol. The van der Waals surface area contributed by atoms with Crippen LogP contribution in [-0.2, 0) is 9.47 Å². The minimum atomic E-state index is -1.05. The molecule has 30 heavy (non-hydrogen) atoms. The fourth-order valence-electron chi connectivity index (χ4n) is 3.58. The Hall–Kier alpha value is -3.13. The molecule has 1 N–H and O–H groups in total. The van der Waals surface area contributed by atoms with Crippen LogP contribution in [0.3, 0.4) is 0 Å². The summed E-state index contributed by atoms with van der Waals surface area (Å²) < 4.78 is 26.8. The van der Waals surface area contributed by atoms with Crippen LogP contribution < -0.4 is 0 Å². The predicted octanol–water partition coefficient (Wildman–Crippen LogP) is 4.55. The maximum absolute atomic E-state index is 15.0. The summed E-state index contributed by atoms with van der Waals surface area (Å²) in [6, 6.07) is 12.2. The lowest BCUT2D eigenvalue weighted by atomic mass is 9.92. The van der Waals surface area contributed by atoms with E-state index in [-0.39, 0.29) is 32.8 Å². The zero-order chi connectivity index (χ0) is 21.5. The molecule has 1 fully saturated rings. The molecule has 1 heterocycles. The third-order valence-corrected chi connectivity index (χ3v) is 4.91. The van der Waals surface area contributed by atoms with E-state index in [4.69, 9.17) is 15.0 Å². The van der Waals surface area contributed by atoms with E-state index in [0.29, 0.717) is 16.7 Å². The molecule has 0 bridgehead atoms. The van der Waals surface area contributed by atoms with Crippen LogP contribution in [0.15, 0.2) is 47.6 Å². The Morgan fingerprint density at radius 3 is 2.97 bits per heavy atom. The lowest BCUT2D eigenvalue weighted by Gasteiger charge is -2.36. The number of halogens is 1. The topological polar surface area (TPSA) is 108 Å². The Labute approximate surface area is 173 Å². The van der Waals surface area contributed by atoms with Crippen molar-refractivity contribution in [2.45, 2.75) is 19.1 Å². The number of hydrogen-bond acceptors (Lipinski definition) is 4. The molecule has 1 saturated heterocycles. The molecule has 1 amide bonds. The van der Waals surface area contributed by atoms with Gasteiger partial charge in [-0.15, -0.1) is 0 Å². The van der Waals surface area contributed by atoms with E-state index in [1.807, 2.05) is 31.2 Å². The van der Waals surface area contributed by atoms with Crippen molar-refractivity contribution in [3.05, 3.63) is 69.9 Å². The minimum Gasteiger partial charge on any atom is -0.465 e. The van der Waals surface area contributed by atoms with E-state index >= 15 is 0 Å². The molecule has 0 aromatic heterocycles. The van der Waals surface area contributed by atoms with Gasteiger partial charge in [-0.1, -0.05) is 47.1 Å². The van der Waals surface area contributed by atoms with Gasteiger partial charge in [0, 0.05) is 23.6 Å². The third-order valence-electron chi connectivity index (χ3n) is 4.91. The second kappa shape index (κ2) is 10.1. The van der Waals surface area contributed by atoms with E-state index in [1.165, 1.54) is 11.0 Å². The summed E-state index contributed by atoms with van der Waals surface area (Å²) >= 11 is 0. The van der Waals surface area contributed by atoms with Crippen molar-refractivity contribution >= 4 is 6.09 Å². The number of hydrogen-bond donors (Lipinski definition) is 1. The number of carbonyl (C=O) groups is 1. The van der Waals surface area contributed by atoms with Gasteiger partial charge in [-0.05, 0) is 29.6 Å². The summed E-state index contributed by atoms with van der Waals surface area (Å²) in [5.41, 5.74) is 11.1. The van der Waals surface area contributed by atoms with Gasteiger partial charge >= 0.3 is 6.09 Å². The van der Waals surface area contributed by atoms with Crippen molar-refractivity contribution < 1.29 is 23.8 Å². The van der Waals surface area contributed by atoms with Gasteiger partial charge in [0.1, 0.15) is 18.0 Å². The SMILES string of the molecule is Cc1cccc(-c2c(F)cccc2C(OCCN=[N+]=[N-])C2CN(C(=O)O)CCO2)c1. The normalized spacial score (nSPS) is 17.3. The van der Waals surface area contributed by atoms with Gasteiger partial charge in [-0.3, -0.25) is 0 Å². The molecular formula is C21H23FN4O4. The smallest absolute Gasteiger partial charge is 0.407 e. The maximum Gasteiger partial charge on any atom is 0.407 e. The zero-order valence-electron chi connectivity index (χ0n) is 16.6. The highest BCUT2D eigenvalue weighted by atomic mass is 19.1. The lowest BCUT2D eigenvalue weighted by molar-refractivity contribution is -0.107. The largest absolute Gasteiger partial charge is 0.465 e. The molecule has 2 aromatic carbocycles. The molecule has 2 atom stereocenters. The van der Waals surface area contributed by atoms with Crippen LogP contribution in [0.25, 0.3) is 21.6 Å². The Balaban J connectivity index is 2.01. The molecule has 1 aliphatic rings. The first kappa shape index (κ1) is 21.6. The quantitative estimate of drug-likeness (QED) is 0.310. The summed E-state index contributed by atoms with van der Waals surface area (Å²) in [7, 11) is 0. The molecule has 3 rings (SSSR count). The average Bonchev–Trinajstić information content (AvgIpc) is 2.74. The average molecular weight is 414 g/mol. The first-order chi connectivity index (χ1) is 14.5. The van der Waals surface area contributed by atoms with Gasteiger partial charge in [0.25, 0.3) is 0 Å². The Morgan fingerprint density at radius 2 is 2.23 bits per heavy atom. The van der Waals surface area contributed by atoms with Gasteiger partial charge in [0.15, 0.2) is 0 Å². The Morgan fingerprint density at radius 1 is 1.43 bits per heavy atom. The highest BCUT2D eigenvalue weighted by molar-refractivity contribution is 5.69. The minimum absolute atomic E-state index is 0.0886. The number of carboxylic acid groups (broad SMARTS) is 1. The number of nitrogens with zero attached hydrogens (tertiary/aromatic N) is 4. The van der Waals surface area contributed by atoms with Crippen LogP contribution in [0.4, 0.5) is 9.18 Å². The van der Waals surface area contributed by atoms with E-state index in [2.05, 4.69) is 10.0 Å². The van der Waals surface area contributed by atoms with Crippen LogP contribution in [0.1, 0.15) is 17.2 Å².